The Balaban J connectivity index is 2.04. The quantitative estimate of drug-likeness (QED) is 0.366. The van der Waals surface area contributed by atoms with Gasteiger partial charge in [0.1, 0.15) is 6.54 Å². The Morgan fingerprint density at radius 2 is 1.53 bits per heavy atom. The molecule has 0 saturated heterocycles. The number of carbonyl (C=O) groups excluding carboxylic acids is 1. The number of carbonyl (C=O) groups is 1. The molecule has 1 N–H and O–H groups in total. The van der Waals surface area contributed by atoms with Crippen LogP contribution in [-0.4, -0.2) is 20.9 Å². The molecule has 0 radical (unpaired) electrons. The summed E-state index contributed by atoms with van der Waals surface area (Å²) in [7, 11) is -4.43. The molecule has 0 aliphatic carbocycles. The van der Waals surface area contributed by atoms with Crippen LogP contribution in [0.5, 0.6) is 0 Å². The highest BCUT2D eigenvalue weighted by atomic mass is 35.5. The summed E-state index contributed by atoms with van der Waals surface area (Å²) in [5.41, 5.74) is -0.630. The molecule has 3 rings (SSSR count). The molecule has 0 bridgehead atoms. The van der Waals surface area contributed by atoms with Gasteiger partial charge in [-0.25, -0.2) is 8.42 Å². The van der Waals surface area contributed by atoms with E-state index in [2.05, 4.69) is 5.32 Å². The van der Waals surface area contributed by atoms with Crippen molar-refractivity contribution in [1.82, 2.24) is 0 Å². The number of rotatable bonds is 6. The highest BCUT2D eigenvalue weighted by Gasteiger charge is 2.35. The summed E-state index contributed by atoms with van der Waals surface area (Å²) in [4.78, 5) is 12.5. The van der Waals surface area contributed by atoms with E-state index in [1.54, 1.807) is 6.92 Å². The van der Waals surface area contributed by atoms with Gasteiger partial charge in [0.15, 0.2) is 0 Å². The fourth-order valence-corrected chi connectivity index (χ4v) is 4.88. The average molecular weight is 552 g/mol. The summed E-state index contributed by atoms with van der Waals surface area (Å²) >= 11 is 17.5. The van der Waals surface area contributed by atoms with E-state index in [1.807, 2.05) is 0 Å². The molecule has 0 aliphatic heterocycles. The van der Waals surface area contributed by atoms with Crippen molar-refractivity contribution in [3.63, 3.8) is 0 Å². The topological polar surface area (TPSA) is 66.5 Å². The van der Waals surface area contributed by atoms with E-state index in [0.717, 1.165) is 17.7 Å². The lowest BCUT2D eigenvalue weighted by molar-refractivity contribution is -0.137. The number of hydrogen-bond acceptors (Lipinski definition) is 3. The third kappa shape index (κ3) is 5.96. The zero-order valence-electron chi connectivity index (χ0n) is 17.3. The molecule has 0 atom stereocenters. The van der Waals surface area contributed by atoms with E-state index < -0.39 is 39.2 Å². The number of anilines is 2. The largest absolute Gasteiger partial charge is 0.417 e. The molecule has 3 aromatic rings. The lowest BCUT2D eigenvalue weighted by atomic mass is 10.2. The van der Waals surface area contributed by atoms with Crippen molar-refractivity contribution in [2.75, 3.05) is 16.2 Å². The number of alkyl halides is 3. The highest BCUT2D eigenvalue weighted by molar-refractivity contribution is 7.92. The predicted molar refractivity (Wildman–Crippen MR) is 127 cm³/mol. The first-order valence-corrected chi connectivity index (χ1v) is 12.1. The summed E-state index contributed by atoms with van der Waals surface area (Å²) in [6.45, 7) is 0.920. The Morgan fingerprint density at radius 3 is 2.12 bits per heavy atom. The maximum atomic E-state index is 13.4. The van der Waals surface area contributed by atoms with E-state index in [-0.39, 0.29) is 26.3 Å². The molecule has 0 spiro atoms. The van der Waals surface area contributed by atoms with E-state index in [1.165, 1.54) is 42.5 Å². The Kier molecular flexibility index (Phi) is 7.72. The Labute approximate surface area is 209 Å². The zero-order valence-corrected chi connectivity index (χ0v) is 20.4. The minimum absolute atomic E-state index is 0.149. The van der Waals surface area contributed by atoms with Crippen LogP contribution in [0.2, 0.25) is 15.1 Å². The predicted octanol–water partition coefficient (Wildman–Crippen LogP) is 6.81. The Morgan fingerprint density at radius 1 is 0.912 bits per heavy atom. The first-order chi connectivity index (χ1) is 15.8. The maximum absolute atomic E-state index is 13.4. The van der Waals surface area contributed by atoms with Crippen molar-refractivity contribution < 1.29 is 26.4 Å². The van der Waals surface area contributed by atoms with Crippen LogP contribution in [0.4, 0.5) is 24.5 Å². The molecule has 0 aliphatic rings. The van der Waals surface area contributed by atoms with E-state index in [4.69, 9.17) is 34.8 Å². The SMILES string of the molecule is Cc1ccc(S(=O)(=O)N(CC(=O)Nc2ccc(Cl)c(Cl)c2)c2ccc(Cl)c(C(F)(F)F)c2)cc1. The summed E-state index contributed by atoms with van der Waals surface area (Å²) in [5, 5.41) is 2.24. The number of benzene rings is 3. The van der Waals surface area contributed by atoms with Crippen molar-refractivity contribution >= 4 is 62.1 Å². The number of hydrogen-bond donors (Lipinski definition) is 1. The van der Waals surface area contributed by atoms with Gasteiger partial charge in [0.25, 0.3) is 10.0 Å². The summed E-state index contributed by atoms with van der Waals surface area (Å²) in [6, 6.07) is 12.5. The summed E-state index contributed by atoms with van der Waals surface area (Å²) in [6.07, 6.45) is -4.84. The molecular formula is C22H16Cl3F3N2O3S. The van der Waals surface area contributed by atoms with Gasteiger partial charge in [-0.05, 0) is 55.5 Å². The molecule has 0 saturated carbocycles. The van der Waals surface area contributed by atoms with Crippen LogP contribution in [0.1, 0.15) is 11.1 Å². The van der Waals surface area contributed by atoms with Crippen molar-refractivity contribution in [2.45, 2.75) is 18.0 Å². The lowest BCUT2D eigenvalue weighted by Gasteiger charge is -2.25. The van der Waals surface area contributed by atoms with Crippen LogP contribution < -0.4 is 9.62 Å². The Bertz CT molecular complexity index is 1330. The van der Waals surface area contributed by atoms with Crippen LogP contribution >= 0.6 is 34.8 Å². The smallest absolute Gasteiger partial charge is 0.324 e. The van der Waals surface area contributed by atoms with Gasteiger partial charge in [0.2, 0.25) is 5.91 Å². The molecule has 0 fully saturated rings. The Hall–Kier alpha value is -2.46. The number of nitrogens with one attached hydrogen (secondary N) is 1. The normalized spacial score (nSPS) is 11.9. The van der Waals surface area contributed by atoms with Crippen molar-refractivity contribution in [3.8, 4) is 0 Å². The molecule has 12 heteroatoms. The second-order valence-electron chi connectivity index (χ2n) is 7.16. The monoisotopic (exact) mass is 550 g/mol. The third-order valence-electron chi connectivity index (χ3n) is 4.64. The number of halogens is 6. The van der Waals surface area contributed by atoms with Gasteiger partial charge in [-0.2, -0.15) is 13.2 Å². The van der Waals surface area contributed by atoms with Crippen molar-refractivity contribution in [3.05, 3.63) is 86.9 Å². The number of sulfonamides is 1. The van der Waals surface area contributed by atoms with Crippen LogP contribution in [-0.2, 0) is 21.0 Å². The molecule has 180 valence electrons. The van der Waals surface area contributed by atoms with Crippen LogP contribution in [0.25, 0.3) is 0 Å². The first-order valence-electron chi connectivity index (χ1n) is 9.50. The van der Waals surface area contributed by atoms with Gasteiger partial charge in [-0.3, -0.25) is 9.10 Å². The first kappa shape index (κ1) is 26.2. The van der Waals surface area contributed by atoms with Crippen molar-refractivity contribution in [1.29, 1.82) is 0 Å². The standard InChI is InChI=1S/C22H16Cl3F3N2O3S/c1-13-2-6-16(7-3-13)34(32,33)30(15-5-9-18(23)17(11-15)22(26,27)28)12-21(31)29-14-4-8-19(24)20(25)10-14/h2-11H,12H2,1H3,(H,29,31). The minimum Gasteiger partial charge on any atom is -0.324 e. The fourth-order valence-electron chi connectivity index (χ4n) is 2.94. The summed E-state index contributed by atoms with van der Waals surface area (Å²) in [5.74, 6) is -0.822. The summed E-state index contributed by atoms with van der Waals surface area (Å²) < 4.78 is 67.6. The third-order valence-corrected chi connectivity index (χ3v) is 7.50. The van der Waals surface area contributed by atoms with Gasteiger partial charge in [-0.15, -0.1) is 0 Å². The highest BCUT2D eigenvalue weighted by Crippen LogP contribution is 2.38. The molecule has 0 unspecified atom stereocenters. The van der Waals surface area contributed by atoms with E-state index in [0.29, 0.717) is 10.4 Å². The van der Waals surface area contributed by atoms with Crippen LogP contribution in [0, 0.1) is 6.92 Å². The molecule has 3 aromatic carbocycles. The minimum atomic E-state index is -4.84. The van der Waals surface area contributed by atoms with E-state index >= 15 is 0 Å². The van der Waals surface area contributed by atoms with E-state index in [9.17, 15) is 26.4 Å². The molecule has 5 nitrogen and oxygen atoms in total. The van der Waals surface area contributed by atoms with Gasteiger partial charge < -0.3 is 5.32 Å². The van der Waals surface area contributed by atoms with Crippen LogP contribution in [0.3, 0.4) is 0 Å². The zero-order chi connectivity index (χ0) is 25.3. The molecule has 1 amide bonds. The van der Waals surface area contributed by atoms with Gasteiger partial charge in [-0.1, -0.05) is 52.5 Å². The van der Waals surface area contributed by atoms with Crippen LogP contribution in [0.15, 0.2) is 65.6 Å². The molecule has 0 aromatic heterocycles. The van der Waals surface area contributed by atoms with Gasteiger partial charge >= 0.3 is 6.18 Å². The lowest BCUT2D eigenvalue weighted by Crippen LogP contribution is -2.38. The molecule has 34 heavy (non-hydrogen) atoms. The number of nitrogens with zero attached hydrogens (tertiary/aromatic N) is 1. The number of aryl methyl sites for hydroxylation is 1. The average Bonchev–Trinajstić information content (AvgIpc) is 2.74. The van der Waals surface area contributed by atoms with Gasteiger partial charge in [0, 0.05) is 5.69 Å². The fraction of sp³-hybridized carbons (Fsp3) is 0.136. The second-order valence-corrected chi connectivity index (χ2v) is 10.2. The molecular weight excluding hydrogens is 536 g/mol. The second kappa shape index (κ2) is 10.0. The maximum Gasteiger partial charge on any atom is 0.417 e. The van der Waals surface area contributed by atoms with Crippen molar-refractivity contribution in [2.24, 2.45) is 0 Å². The van der Waals surface area contributed by atoms with Gasteiger partial charge in [0.05, 0.1) is 31.2 Å². The number of amides is 1. The molecule has 0 heterocycles.